The molecule has 1 heterocycles. The molecule has 1 fully saturated rings. The van der Waals surface area contributed by atoms with Crippen molar-refractivity contribution >= 4 is 6.03 Å². The Morgan fingerprint density at radius 1 is 1.62 bits per heavy atom. The predicted octanol–water partition coefficient (Wildman–Crippen LogP) is 0.257. The highest BCUT2D eigenvalue weighted by atomic mass is 16.2. The Hall–Kier alpha value is -0.770. The maximum Gasteiger partial charge on any atom is 0.314 e. The van der Waals surface area contributed by atoms with Gasteiger partial charge in [-0.15, -0.1) is 0 Å². The Balaban J connectivity index is 2.17. The van der Waals surface area contributed by atoms with Gasteiger partial charge in [-0.25, -0.2) is 4.79 Å². The molecular formula is C9H19N3O. The Morgan fingerprint density at radius 3 is 3.00 bits per heavy atom. The summed E-state index contributed by atoms with van der Waals surface area (Å²) >= 11 is 0. The summed E-state index contributed by atoms with van der Waals surface area (Å²) in [4.78, 5) is 13.2. The fourth-order valence-corrected chi connectivity index (χ4v) is 1.77. The summed E-state index contributed by atoms with van der Waals surface area (Å²) in [6.45, 7) is 3.09. The van der Waals surface area contributed by atoms with Crippen molar-refractivity contribution in [1.82, 2.24) is 15.5 Å². The predicted molar refractivity (Wildman–Crippen MR) is 52.7 cm³/mol. The molecule has 1 aliphatic heterocycles. The smallest absolute Gasteiger partial charge is 0.314 e. The Labute approximate surface area is 79.7 Å². The lowest BCUT2D eigenvalue weighted by Gasteiger charge is -2.29. The van der Waals surface area contributed by atoms with Crippen LogP contribution in [0, 0.1) is 5.92 Å². The van der Waals surface area contributed by atoms with Crippen LogP contribution in [0.2, 0.25) is 0 Å². The molecule has 0 spiro atoms. The monoisotopic (exact) mass is 185 g/mol. The van der Waals surface area contributed by atoms with Gasteiger partial charge in [-0.2, -0.15) is 0 Å². The standard InChI is InChI=1S/C9H19N3O/c1-10-9(13)11-6-8-4-3-5-12(2)7-8/h8H,3-7H2,1-2H3,(H2,10,11,13). The van der Waals surface area contributed by atoms with Gasteiger partial charge in [0.25, 0.3) is 0 Å². The third-order valence-corrected chi connectivity index (χ3v) is 2.50. The van der Waals surface area contributed by atoms with Gasteiger partial charge in [0.2, 0.25) is 0 Å². The molecule has 76 valence electrons. The Morgan fingerprint density at radius 2 is 2.38 bits per heavy atom. The fourth-order valence-electron chi connectivity index (χ4n) is 1.77. The van der Waals surface area contributed by atoms with Crippen molar-refractivity contribution in [1.29, 1.82) is 0 Å². The van der Waals surface area contributed by atoms with E-state index in [1.165, 1.54) is 19.4 Å². The van der Waals surface area contributed by atoms with Gasteiger partial charge in [-0.3, -0.25) is 0 Å². The lowest BCUT2D eigenvalue weighted by Crippen LogP contribution is -2.41. The minimum atomic E-state index is -0.0757. The van der Waals surface area contributed by atoms with Gasteiger partial charge in [-0.05, 0) is 32.4 Å². The van der Waals surface area contributed by atoms with Crippen molar-refractivity contribution < 1.29 is 4.79 Å². The van der Waals surface area contributed by atoms with Gasteiger partial charge < -0.3 is 15.5 Å². The normalized spacial score (nSPS) is 24.0. The zero-order valence-corrected chi connectivity index (χ0v) is 8.47. The molecule has 1 unspecified atom stereocenters. The summed E-state index contributed by atoms with van der Waals surface area (Å²) in [7, 11) is 3.77. The number of carbonyl (C=O) groups is 1. The summed E-state index contributed by atoms with van der Waals surface area (Å²) in [5.74, 6) is 0.621. The molecule has 1 saturated heterocycles. The third-order valence-electron chi connectivity index (χ3n) is 2.50. The van der Waals surface area contributed by atoms with Gasteiger partial charge >= 0.3 is 6.03 Å². The maximum absolute atomic E-state index is 10.9. The van der Waals surface area contributed by atoms with Gasteiger partial charge in [-0.1, -0.05) is 0 Å². The first-order chi connectivity index (χ1) is 6.22. The second-order valence-corrected chi connectivity index (χ2v) is 3.73. The van der Waals surface area contributed by atoms with E-state index >= 15 is 0 Å². The fraction of sp³-hybridized carbons (Fsp3) is 0.889. The van der Waals surface area contributed by atoms with Crippen molar-refractivity contribution in [2.45, 2.75) is 12.8 Å². The van der Waals surface area contributed by atoms with Crippen molar-refractivity contribution in [3.05, 3.63) is 0 Å². The van der Waals surface area contributed by atoms with E-state index in [9.17, 15) is 4.79 Å². The van der Waals surface area contributed by atoms with Gasteiger partial charge in [0.15, 0.2) is 0 Å². The van der Waals surface area contributed by atoms with E-state index in [0.717, 1.165) is 13.1 Å². The molecule has 4 nitrogen and oxygen atoms in total. The molecule has 0 aliphatic carbocycles. The topological polar surface area (TPSA) is 44.4 Å². The molecule has 0 saturated carbocycles. The number of likely N-dealkylation sites (tertiary alicyclic amines) is 1. The van der Waals surface area contributed by atoms with Crippen LogP contribution >= 0.6 is 0 Å². The first-order valence-electron chi connectivity index (χ1n) is 4.86. The summed E-state index contributed by atoms with van der Waals surface area (Å²) in [6, 6.07) is -0.0757. The highest BCUT2D eigenvalue weighted by molar-refractivity contribution is 5.73. The molecule has 0 aromatic heterocycles. The van der Waals surface area contributed by atoms with E-state index in [1.807, 2.05) is 0 Å². The summed E-state index contributed by atoms with van der Waals surface area (Å²) in [6.07, 6.45) is 2.48. The van der Waals surface area contributed by atoms with E-state index in [0.29, 0.717) is 5.92 Å². The van der Waals surface area contributed by atoms with Crippen molar-refractivity contribution in [3.8, 4) is 0 Å². The van der Waals surface area contributed by atoms with E-state index in [2.05, 4.69) is 22.6 Å². The number of carbonyl (C=O) groups excluding carboxylic acids is 1. The van der Waals surface area contributed by atoms with Crippen LogP contribution in [0.3, 0.4) is 0 Å². The summed E-state index contributed by atoms with van der Waals surface area (Å²) in [5, 5.41) is 5.40. The van der Waals surface area contributed by atoms with Crippen LogP contribution < -0.4 is 10.6 Å². The zero-order valence-electron chi connectivity index (χ0n) is 8.47. The third kappa shape index (κ3) is 3.63. The first kappa shape index (κ1) is 10.3. The second kappa shape index (κ2) is 5.07. The SMILES string of the molecule is CNC(=O)NCC1CCCN(C)C1. The van der Waals surface area contributed by atoms with Crippen LogP contribution in [0.5, 0.6) is 0 Å². The van der Waals surface area contributed by atoms with E-state index in [1.54, 1.807) is 7.05 Å². The Kier molecular flexibility index (Phi) is 4.02. The molecular weight excluding hydrogens is 166 g/mol. The molecule has 2 N–H and O–H groups in total. The number of nitrogens with one attached hydrogen (secondary N) is 2. The van der Waals surface area contributed by atoms with Crippen molar-refractivity contribution in [2.75, 3.05) is 33.7 Å². The number of nitrogens with zero attached hydrogens (tertiary/aromatic N) is 1. The molecule has 1 aliphatic rings. The van der Waals surface area contributed by atoms with E-state index in [-0.39, 0.29) is 6.03 Å². The molecule has 13 heavy (non-hydrogen) atoms. The summed E-state index contributed by atoms with van der Waals surface area (Å²) < 4.78 is 0. The number of amides is 2. The van der Waals surface area contributed by atoms with Crippen LogP contribution in [0.4, 0.5) is 4.79 Å². The minimum Gasteiger partial charge on any atom is -0.341 e. The average Bonchev–Trinajstić information content (AvgIpc) is 2.14. The molecule has 2 amide bonds. The highest BCUT2D eigenvalue weighted by Crippen LogP contribution is 2.13. The Bertz CT molecular complexity index is 172. The second-order valence-electron chi connectivity index (χ2n) is 3.73. The van der Waals surface area contributed by atoms with Gasteiger partial charge in [0.1, 0.15) is 0 Å². The summed E-state index contributed by atoms with van der Waals surface area (Å²) in [5.41, 5.74) is 0. The highest BCUT2D eigenvalue weighted by Gasteiger charge is 2.17. The lowest BCUT2D eigenvalue weighted by molar-refractivity contribution is 0.202. The molecule has 0 aromatic rings. The quantitative estimate of drug-likeness (QED) is 0.648. The van der Waals surface area contributed by atoms with Crippen LogP contribution in [0.15, 0.2) is 0 Å². The average molecular weight is 185 g/mol. The van der Waals surface area contributed by atoms with Gasteiger partial charge in [0, 0.05) is 20.1 Å². The number of hydrogen-bond donors (Lipinski definition) is 2. The maximum atomic E-state index is 10.9. The van der Waals surface area contributed by atoms with Crippen LogP contribution in [0.25, 0.3) is 0 Å². The molecule has 0 bridgehead atoms. The number of rotatable bonds is 2. The first-order valence-corrected chi connectivity index (χ1v) is 4.86. The molecule has 4 heteroatoms. The number of hydrogen-bond acceptors (Lipinski definition) is 2. The molecule has 0 aromatic carbocycles. The molecule has 1 atom stereocenters. The van der Waals surface area contributed by atoms with Gasteiger partial charge in [0.05, 0.1) is 0 Å². The van der Waals surface area contributed by atoms with Crippen LogP contribution in [-0.2, 0) is 0 Å². The molecule has 1 rings (SSSR count). The van der Waals surface area contributed by atoms with E-state index in [4.69, 9.17) is 0 Å². The molecule has 0 radical (unpaired) electrons. The van der Waals surface area contributed by atoms with Crippen LogP contribution in [0.1, 0.15) is 12.8 Å². The number of piperidine rings is 1. The van der Waals surface area contributed by atoms with Crippen molar-refractivity contribution in [2.24, 2.45) is 5.92 Å². The van der Waals surface area contributed by atoms with Crippen LogP contribution in [-0.4, -0.2) is 44.7 Å². The number of urea groups is 1. The zero-order chi connectivity index (χ0) is 9.68. The lowest BCUT2D eigenvalue weighted by atomic mass is 9.99. The van der Waals surface area contributed by atoms with E-state index < -0.39 is 0 Å². The largest absolute Gasteiger partial charge is 0.341 e. The van der Waals surface area contributed by atoms with Crippen molar-refractivity contribution in [3.63, 3.8) is 0 Å². The minimum absolute atomic E-state index is 0.0757.